The van der Waals surface area contributed by atoms with Crippen LogP contribution in [0.25, 0.3) is 0 Å². The molecular weight excluding hydrogens is 198 g/mol. The maximum Gasteiger partial charge on any atom is 0.116 e. The van der Waals surface area contributed by atoms with E-state index >= 15 is 0 Å². The first-order valence-corrected chi connectivity index (χ1v) is 6.19. The van der Waals surface area contributed by atoms with E-state index in [0.717, 1.165) is 18.5 Å². The van der Waals surface area contributed by atoms with E-state index in [-0.39, 0.29) is 0 Å². The van der Waals surface area contributed by atoms with Gasteiger partial charge in [-0.3, -0.25) is 0 Å². The summed E-state index contributed by atoms with van der Waals surface area (Å²) in [6, 6.07) is 5.46. The lowest BCUT2D eigenvalue weighted by molar-refractivity contribution is 0.474. The summed E-state index contributed by atoms with van der Waals surface area (Å²) in [5.74, 6) is 0.352. The molecule has 2 N–H and O–H groups in total. The lowest BCUT2D eigenvalue weighted by atomic mass is 10.1. The van der Waals surface area contributed by atoms with Crippen molar-refractivity contribution in [3.63, 3.8) is 0 Å². The zero-order chi connectivity index (χ0) is 12.4. The number of rotatable bonds is 4. The Hall–Kier alpha value is -1.18. The number of anilines is 1. The molecule has 0 aliphatic heterocycles. The number of nitrogens with one attached hydrogen (secondary N) is 1. The highest BCUT2D eigenvalue weighted by atomic mass is 16.3. The van der Waals surface area contributed by atoms with Crippen molar-refractivity contribution in [3.05, 3.63) is 23.8 Å². The fraction of sp³-hybridized carbons (Fsp3) is 0.571. The van der Waals surface area contributed by atoms with E-state index < -0.39 is 0 Å². The molecule has 1 aromatic rings. The molecule has 0 saturated heterocycles. The van der Waals surface area contributed by atoms with Gasteiger partial charge in [0.25, 0.3) is 0 Å². The summed E-state index contributed by atoms with van der Waals surface area (Å²) in [5.41, 5.74) is 2.32. The maximum atomic E-state index is 9.30. The van der Waals surface area contributed by atoms with E-state index in [1.165, 1.54) is 18.4 Å². The van der Waals surface area contributed by atoms with Gasteiger partial charge in [0.1, 0.15) is 5.75 Å². The second-order valence-electron chi connectivity index (χ2n) is 3.90. The van der Waals surface area contributed by atoms with Crippen LogP contribution in [0.1, 0.15) is 45.6 Å². The first-order chi connectivity index (χ1) is 7.69. The number of aryl methyl sites for hydroxylation is 1. The quantitative estimate of drug-likeness (QED) is 0.750. The van der Waals surface area contributed by atoms with Crippen LogP contribution in [-0.4, -0.2) is 12.2 Å². The molecule has 0 aliphatic rings. The highest BCUT2D eigenvalue weighted by molar-refractivity contribution is 5.53. The monoisotopic (exact) mass is 223 g/mol. The van der Waals surface area contributed by atoms with E-state index in [0.29, 0.717) is 5.75 Å². The highest BCUT2D eigenvalue weighted by Gasteiger charge is 2.01. The number of aromatic hydroxyl groups is 1. The summed E-state index contributed by atoms with van der Waals surface area (Å²) in [4.78, 5) is 0. The molecule has 0 fully saturated rings. The Morgan fingerprint density at radius 3 is 2.31 bits per heavy atom. The fourth-order valence-electron chi connectivity index (χ4n) is 1.40. The van der Waals surface area contributed by atoms with E-state index in [4.69, 9.17) is 0 Å². The van der Waals surface area contributed by atoms with Crippen LogP contribution in [0.4, 0.5) is 5.69 Å². The van der Waals surface area contributed by atoms with Crippen molar-refractivity contribution in [2.75, 3.05) is 12.4 Å². The van der Waals surface area contributed by atoms with Gasteiger partial charge in [-0.1, -0.05) is 33.6 Å². The van der Waals surface area contributed by atoms with E-state index in [9.17, 15) is 5.11 Å². The van der Waals surface area contributed by atoms with Crippen molar-refractivity contribution in [2.45, 2.75) is 46.5 Å². The van der Waals surface area contributed by atoms with E-state index in [1.807, 2.05) is 19.2 Å². The minimum absolute atomic E-state index is 0.352. The van der Waals surface area contributed by atoms with Crippen LogP contribution < -0.4 is 5.32 Å². The first kappa shape index (κ1) is 14.8. The Bertz CT molecular complexity index is 284. The van der Waals surface area contributed by atoms with Crippen molar-refractivity contribution in [3.8, 4) is 5.75 Å². The third-order valence-electron chi connectivity index (χ3n) is 2.16. The van der Waals surface area contributed by atoms with Crippen molar-refractivity contribution in [1.29, 1.82) is 0 Å². The van der Waals surface area contributed by atoms with Crippen LogP contribution >= 0.6 is 0 Å². The Balaban J connectivity index is 0.000000673. The number of hydrogen-bond acceptors (Lipinski definition) is 2. The van der Waals surface area contributed by atoms with E-state index in [2.05, 4.69) is 26.1 Å². The molecular formula is C14H25NO. The molecule has 0 bridgehead atoms. The number of phenols is 1. The molecule has 1 rings (SSSR count). The minimum atomic E-state index is 0.352. The highest BCUT2D eigenvalue weighted by Crippen LogP contribution is 2.22. The molecule has 0 atom stereocenters. The summed E-state index contributed by atoms with van der Waals surface area (Å²) in [6.45, 7) is 6.42. The Labute approximate surface area is 99.7 Å². The van der Waals surface area contributed by atoms with Crippen LogP contribution in [0, 0.1) is 0 Å². The molecule has 0 aromatic heterocycles. The van der Waals surface area contributed by atoms with Gasteiger partial charge in [0, 0.05) is 12.7 Å². The summed E-state index contributed by atoms with van der Waals surface area (Å²) in [6.07, 6.45) is 4.62. The normalized spacial score (nSPS) is 9.25. The fourth-order valence-corrected chi connectivity index (χ4v) is 1.40. The summed E-state index contributed by atoms with van der Waals surface area (Å²) >= 11 is 0. The zero-order valence-electron chi connectivity index (χ0n) is 11.0. The number of benzene rings is 1. The van der Waals surface area contributed by atoms with Gasteiger partial charge in [0.05, 0.1) is 0 Å². The lowest BCUT2D eigenvalue weighted by Gasteiger charge is -2.08. The van der Waals surface area contributed by atoms with Gasteiger partial charge < -0.3 is 10.4 Å². The predicted octanol–water partition coefficient (Wildman–Crippen LogP) is 4.19. The molecule has 0 heterocycles. The topological polar surface area (TPSA) is 32.3 Å². The molecule has 0 aliphatic carbocycles. The van der Waals surface area contributed by atoms with Gasteiger partial charge in [-0.25, -0.2) is 0 Å². The van der Waals surface area contributed by atoms with E-state index in [1.54, 1.807) is 6.07 Å². The summed E-state index contributed by atoms with van der Waals surface area (Å²) < 4.78 is 0. The third-order valence-corrected chi connectivity index (χ3v) is 2.16. The molecule has 16 heavy (non-hydrogen) atoms. The van der Waals surface area contributed by atoms with Crippen LogP contribution in [0.2, 0.25) is 0 Å². The largest absolute Gasteiger partial charge is 0.508 e. The Morgan fingerprint density at radius 1 is 1.19 bits per heavy atom. The molecule has 0 saturated carbocycles. The third kappa shape index (κ3) is 5.64. The molecule has 2 nitrogen and oxygen atoms in total. The molecule has 0 radical (unpaired) electrons. The second kappa shape index (κ2) is 9.08. The molecule has 92 valence electrons. The average Bonchev–Trinajstić information content (AvgIpc) is 2.27. The van der Waals surface area contributed by atoms with Gasteiger partial charge in [0.15, 0.2) is 0 Å². The standard InChI is InChI=1S/C11H17NO.C3H8/c1-3-4-5-9-8-10(13)6-7-11(9)12-2;1-3-2/h6-8,12-13H,3-5H2,1-2H3;3H2,1-2H3. The van der Waals surface area contributed by atoms with Crippen molar-refractivity contribution in [2.24, 2.45) is 0 Å². The maximum absolute atomic E-state index is 9.30. The van der Waals surface area contributed by atoms with Crippen molar-refractivity contribution in [1.82, 2.24) is 0 Å². The first-order valence-electron chi connectivity index (χ1n) is 6.19. The van der Waals surface area contributed by atoms with Gasteiger partial charge in [-0.2, -0.15) is 0 Å². The number of unbranched alkanes of at least 4 members (excludes halogenated alkanes) is 1. The Kier molecular flexibility index (Phi) is 8.41. The summed E-state index contributed by atoms with van der Waals surface area (Å²) in [5, 5.41) is 12.4. The molecule has 0 unspecified atom stereocenters. The number of hydrogen-bond donors (Lipinski definition) is 2. The summed E-state index contributed by atoms with van der Waals surface area (Å²) in [7, 11) is 1.90. The van der Waals surface area contributed by atoms with Crippen molar-refractivity contribution >= 4 is 5.69 Å². The van der Waals surface area contributed by atoms with Crippen LogP contribution in [0.5, 0.6) is 5.75 Å². The van der Waals surface area contributed by atoms with Gasteiger partial charge in [-0.15, -0.1) is 0 Å². The smallest absolute Gasteiger partial charge is 0.116 e. The zero-order valence-corrected chi connectivity index (χ0v) is 11.0. The van der Waals surface area contributed by atoms with Crippen molar-refractivity contribution < 1.29 is 5.11 Å². The SMILES string of the molecule is CCC.CCCCc1cc(O)ccc1NC. The molecule has 1 aromatic carbocycles. The van der Waals surface area contributed by atoms with Crippen LogP contribution in [-0.2, 0) is 6.42 Å². The van der Waals surface area contributed by atoms with Crippen LogP contribution in [0.3, 0.4) is 0 Å². The minimum Gasteiger partial charge on any atom is -0.508 e. The second-order valence-corrected chi connectivity index (χ2v) is 3.90. The predicted molar refractivity (Wildman–Crippen MR) is 72.2 cm³/mol. The lowest BCUT2D eigenvalue weighted by Crippen LogP contribution is -1.95. The van der Waals surface area contributed by atoms with Gasteiger partial charge >= 0.3 is 0 Å². The van der Waals surface area contributed by atoms with Gasteiger partial charge in [0.2, 0.25) is 0 Å². The van der Waals surface area contributed by atoms with Crippen LogP contribution in [0.15, 0.2) is 18.2 Å². The molecule has 0 amide bonds. The molecule has 2 heteroatoms. The number of phenolic OH excluding ortho intramolecular Hbond substituents is 1. The Morgan fingerprint density at radius 2 is 1.81 bits per heavy atom. The average molecular weight is 223 g/mol. The van der Waals surface area contributed by atoms with Gasteiger partial charge in [-0.05, 0) is 36.6 Å². The molecule has 0 spiro atoms.